The van der Waals surface area contributed by atoms with E-state index in [1.165, 1.54) is 47.9 Å². The van der Waals surface area contributed by atoms with Crippen LogP contribution in [-0.4, -0.2) is 64.4 Å². The highest BCUT2D eigenvalue weighted by Crippen LogP contribution is 2.24. The second-order valence-electron chi connectivity index (χ2n) is 11.2. The van der Waals surface area contributed by atoms with Crippen LogP contribution >= 0.6 is 0 Å². The molecule has 0 aromatic heterocycles. The Morgan fingerprint density at radius 3 is 1.50 bits per heavy atom. The molecule has 2 aromatic rings. The van der Waals surface area contributed by atoms with E-state index in [0.717, 1.165) is 77.8 Å². The minimum Gasteiger partial charge on any atom is -0.330 e. The van der Waals surface area contributed by atoms with Gasteiger partial charge in [-0.25, -0.2) is 0 Å². The van der Waals surface area contributed by atoms with Crippen molar-refractivity contribution in [3.63, 3.8) is 0 Å². The van der Waals surface area contributed by atoms with E-state index < -0.39 is 0 Å². The summed E-state index contributed by atoms with van der Waals surface area (Å²) < 4.78 is 0. The van der Waals surface area contributed by atoms with Gasteiger partial charge in [0.15, 0.2) is 0 Å². The summed E-state index contributed by atoms with van der Waals surface area (Å²) in [7, 11) is 0. The van der Waals surface area contributed by atoms with Crippen molar-refractivity contribution in [3.8, 4) is 11.1 Å². The quantitative estimate of drug-likeness (QED) is 0.101. The molecule has 0 aliphatic rings. The van der Waals surface area contributed by atoms with Crippen LogP contribution in [0.2, 0.25) is 0 Å². The smallest absolute Gasteiger partial charge is 0.0119 e. The predicted molar refractivity (Wildman–Crippen MR) is 175 cm³/mol. The molecule has 0 bridgehead atoms. The van der Waals surface area contributed by atoms with Crippen molar-refractivity contribution in [2.24, 2.45) is 11.5 Å². The Bertz CT molecular complexity index is 811. The third-order valence-corrected chi connectivity index (χ3v) is 7.50. The normalized spacial score (nSPS) is 13.0. The van der Waals surface area contributed by atoms with Gasteiger partial charge in [0.2, 0.25) is 0 Å². The maximum atomic E-state index is 6.03. The van der Waals surface area contributed by atoms with Gasteiger partial charge in [-0.15, -0.1) is 0 Å². The van der Waals surface area contributed by atoms with Crippen molar-refractivity contribution in [1.82, 2.24) is 21.3 Å². The van der Waals surface area contributed by atoms with Gasteiger partial charge in [-0.3, -0.25) is 0 Å². The summed E-state index contributed by atoms with van der Waals surface area (Å²) in [5, 5.41) is 14.7. The summed E-state index contributed by atoms with van der Waals surface area (Å²) in [5.74, 6) is 0. The minimum absolute atomic E-state index is 0.387. The van der Waals surface area contributed by atoms with Crippen LogP contribution in [0, 0.1) is 0 Å². The number of hydrogen-bond donors (Lipinski definition) is 6. The SMILES string of the molecule is CCCCNCCCNC(CCN)Cc1cc(CC(CCN)NCCCNCCCC)cc(-c2ccccc2)c1. The number of benzene rings is 2. The second kappa shape index (κ2) is 22.8. The first-order valence-electron chi connectivity index (χ1n) is 16.2. The summed E-state index contributed by atoms with van der Waals surface area (Å²) in [4.78, 5) is 0. The molecule has 0 saturated heterocycles. The monoisotopic (exact) mass is 552 g/mol. The van der Waals surface area contributed by atoms with E-state index in [9.17, 15) is 0 Å². The molecule has 2 atom stereocenters. The number of hydrogen-bond acceptors (Lipinski definition) is 6. The summed E-state index contributed by atoms with van der Waals surface area (Å²) in [5.41, 5.74) is 17.4. The zero-order chi connectivity index (χ0) is 28.7. The molecule has 0 aliphatic carbocycles. The highest BCUT2D eigenvalue weighted by molar-refractivity contribution is 5.65. The van der Waals surface area contributed by atoms with Crippen LogP contribution in [-0.2, 0) is 12.8 Å². The Kier molecular flexibility index (Phi) is 19.6. The van der Waals surface area contributed by atoms with Crippen LogP contribution in [0.15, 0.2) is 48.5 Å². The summed E-state index contributed by atoms with van der Waals surface area (Å²) in [6, 6.07) is 18.7. The third kappa shape index (κ3) is 15.3. The van der Waals surface area contributed by atoms with Gasteiger partial charge in [-0.1, -0.05) is 75.2 Å². The molecule has 0 amide bonds. The van der Waals surface area contributed by atoms with Crippen LogP contribution in [0.1, 0.15) is 76.3 Å². The maximum absolute atomic E-state index is 6.03. The Morgan fingerprint density at radius 1 is 0.575 bits per heavy atom. The molecule has 6 nitrogen and oxygen atoms in total. The lowest BCUT2D eigenvalue weighted by Gasteiger charge is -2.22. The average molecular weight is 553 g/mol. The minimum atomic E-state index is 0.387. The lowest BCUT2D eigenvalue weighted by Crippen LogP contribution is -2.36. The van der Waals surface area contributed by atoms with Gasteiger partial charge in [0.1, 0.15) is 0 Å². The van der Waals surface area contributed by atoms with Gasteiger partial charge in [0.05, 0.1) is 0 Å². The number of rotatable bonds is 25. The zero-order valence-corrected chi connectivity index (χ0v) is 25.7. The van der Waals surface area contributed by atoms with Gasteiger partial charge in [0, 0.05) is 12.1 Å². The molecule has 8 N–H and O–H groups in total. The Hall–Kier alpha value is -1.80. The topological polar surface area (TPSA) is 100 Å². The van der Waals surface area contributed by atoms with Crippen molar-refractivity contribution < 1.29 is 0 Å². The number of nitrogens with two attached hydrogens (primary N) is 2. The van der Waals surface area contributed by atoms with Crippen molar-refractivity contribution in [3.05, 3.63) is 59.7 Å². The Morgan fingerprint density at radius 2 is 1.05 bits per heavy atom. The van der Waals surface area contributed by atoms with E-state index in [1.807, 2.05) is 0 Å². The highest BCUT2D eigenvalue weighted by Gasteiger charge is 2.14. The van der Waals surface area contributed by atoms with Crippen LogP contribution in [0.3, 0.4) is 0 Å². The van der Waals surface area contributed by atoms with E-state index in [4.69, 9.17) is 11.5 Å². The molecule has 40 heavy (non-hydrogen) atoms. The van der Waals surface area contributed by atoms with E-state index in [0.29, 0.717) is 25.2 Å². The van der Waals surface area contributed by atoms with Crippen molar-refractivity contribution in [1.29, 1.82) is 0 Å². The molecule has 0 spiro atoms. The summed E-state index contributed by atoms with van der Waals surface area (Å²) in [6.07, 6.45) is 11.2. The molecule has 0 saturated carbocycles. The molecular formula is C34H60N6. The Balaban J connectivity index is 2.05. The van der Waals surface area contributed by atoms with E-state index in [1.54, 1.807) is 0 Å². The summed E-state index contributed by atoms with van der Waals surface area (Å²) in [6.45, 7) is 12.3. The molecule has 2 rings (SSSR count). The lowest BCUT2D eigenvalue weighted by molar-refractivity contribution is 0.466. The first-order valence-corrected chi connectivity index (χ1v) is 16.2. The first-order chi connectivity index (χ1) is 19.7. The van der Waals surface area contributed by atoms with Crippen LogP contribution < -0.4 is 32.7 Å². The zero-order valence-electron chi connectivity index (χ0n) is 25.7. The van der Waals surface area contributed by atoms with Gasteiger partial charge >= 0.3 is 0 Å². The molecule has 0 heterocycles. The fourth-order valence-electron chi connectivity index (χ4n) is 5.21. The van der Waals surface area contributed by atoms with E-state index in [-0.39, 0.29) is 0 Å². The van der Waals surface area contributed by atoms with Gasteiger partial charge < -0.3 is 32.7 Å². The molecular weight excluding hydrogens is 492 g/mol. The average Bonchev–Trinajstić information content (AvgIpc) is 2.96. The van der Waals surface area contributed by atoms with Gasteiger partial charge in [-0.05, 0) is 126 Å². The molecule has 0 fully saturated rings. The predicted octanol–water partition coefficient (Wildman–Crippen LogP) is 4.61. The van der Waals surface area contributed by atoms with Crippen LogP contribution in [0.25, 0.3) is 11.1 Å². The maximum Gasteiger partial charge on any atom is 0.0119 e. The van der Waals surface area contributed by atoms with Crippen LogP contribution in [0.4, 0.5) is 0 Å². The highest BCUT2D eigenvalue weighted by atomic mass is 14.9. The largest absolute Gasteiger partial charge is 0.330 e. The summed E-state index contributed by atoms with van der Waals surface area (Å²) >= 11 is 0. The van der Waals surface area contributed by atoms with Gasteiger partial charge in [0.25, 0.3) is 0 Å². The fraction of sp³-hybridized carbons (Fsp3) is 0.647. The molecule has 6 heteroatoms. The standard InChI is InChI=1S/C34H60N6/c1-3-5-18-37-20-10-22-39-33(14-16-35)27-29-24-30(26-32(25-29)31-12-8-7-9-13-31)28-34(15-17-36)40-23-11-21-38-19-6-4-2/h7-9,12-13,24-26,33-34,37-40H,3-6,10-11,14-23,27-28,35-36H2,1-2H3. The van der Waals surface area contributed by atoms with Crippen molar-refractivity contribution >= 4 is 0 Å². The lowest BCUT2D eigenvalue weighted by atomic mass is 9.92. The molecule has 226 valence electrons. The van der Waals surface area contributed by atoms with E-state index >= 15 is 0 Å². The molecule has 0 radical (unpaired) electrons. The first kappa shape index (κ1) is 34.4. The van der Waals surface area contributed by atoms with Crippen molar-refractivity contribution in [2.75, 3.05) is 52.4 Å². The van der Waals surface area contributed by atoms with Gasteiger partial charge in [-0.2, -0.15) is 0 Å². The molecule has 0 aliphatic heterocycles. The second-order valence-corrected chi connectivity index (χ2v) is 11.2. The third-order valence-electron chi connectivity index (χ3n) is 7.50. The number of nitrogens with one attached hydrogen (secondary N) is 4. The Labute approximate surface area is 245 Å². The van der Waals surface area contributed by atoms with Crippen molar-refractivity contribution in [2.45, 2.75) is 90.1 Å². The molecule has 2 unspecified atom stereocenters. The van der Waals surface area contributed by atoms with Crippen LogP contribution in [0.5, 0.6) is 0 Å². The fourth-order valence-corrected chi connectivity index (χ4v) is 5.21. The van der Waals surface area contributed by atoms with E-state index in [2.05, 4.69) is 83.6 Å². The number of unbranched alkanes of at least 4 members (excludes halogenated alkanes) is 2. The molecule has 2 aromatic carbocycles.